The number of aromatic nitrogens is 2. The maximum absolute atomic E-state index is 13.2. The van der Waals surface area contributed by atoms with Crippen molar-refractivity contribution in [2.24, 2.45) is 30.2 Å². The number of pyridine rings is 1. The Kier molecular flexibility index (Phi) is 6.46. The molecule has 2 aromatic heterocycles. The zero-order valence-electron chi connectivity index (χ0n) is 21.4. The van der Waals surface area contributed by atoms with Gasteiger partial charge in [-0.15, -0.1) is 0 Å². The van der Waals surface area contributed by atoms with Gasteiger partial charge < -0.3 is 20.5 Å². The van der Waals surface area contributed by atoms with Crippen LogP contribution in [0.1, 0.15) is 57.1 Å². The van der Waals surface area contributed by atoms with Crippen LogP contribution in [0.4, 0.5) is 11.5 Å². The largest absolute Gasteiger partial charge is 0.370 e. The number of carbonyl (C=O) groups excluding carboxylic acids is 1. The highest BCUT2D eigenvalue weighted by atomic mass is 16.1. The van der Waals surface area contributed by atoms with E-state index in [-0.39, 0.29) is 11.3 Å². The molecular formula is C30H39N5O. The lowest BCUT2D eigenvalue weighted by Crippen LogP contribution is -2.47. The average molecular weight is 486 g/mol. The summed E-state index contributed by atoms with van der Waals surface area (Å²) < 4.78 is 2.14. The molecule has 0 atom stereocenters. The summed E-state index contributed by atoms with van der Waals surface area (Å²) in [6, 6.07) is 14.3. The minimum atomic E-state index is 0.175. The molecule has 0 radical (unpaired) electrons. The Morgan fingerprint density at radius 2 is 1.78 bits per heavy atom. The second-order valence-electron chi connectivity index (χ2n) is 11.8. The molecule has 0 aliphatic heterocycles. The van der Waals surface area contributed by atoms with E-state index in [0.717, 1.165) is 66.2 Å². The van der Waals surface area contributed by atoms with E-state index < -0.39 is 0 Å². The first-order chi connectivity index (χ1) is 17.6. The van der Waals surface area contributed by atoms with Gasteiger partial charge in [-0.1, -0.05) is 6.07 Å². The number of rotatable bonds is 10. The lowest BCUT2D eigenvalue weighted by atomic mass is 9.49. The Morgan fingerprint density at radius 1 is 1.00 bits per heavy atom. The molecule has 1 aromatic carbocycles. The zero-order chi connectivity index (χ0) is 24.5. The molecule has 4 aliphatic carbocycles. The van der Waals surface area contributed by atoms with Crippen LogP contribution in [0.15, 0.2) is 48.7 Å². The van der Waals surface area contributed by atoms with E-state index in [1.54, 1.807) is 0 Å². The van der Waals surface area contributed by atoms with Gasteiger partial charge in [-0.2, -0.15) is 0 Å². The zero-order valence-corrected chi connectivity index (χ0v) is 21.4. The third-order valence-electron chi connectivity index (χ3n) is 8.90. The number of amides is 1. The average Bonchev–Trinajstić information content (AvgIpc) is 3.24. The lowest BCUT2D eigenvalue weighted by molar-refractivity contribution is -0.124. The van der Waals surface area contributed by atoms with Crippen LogP contribution in [0, 0.1) is 23.2 Å². The first kappa shape index (κ1) is 23.5. The van der Waals surface area contributed by atoms with Gasteiger partial charge in [0, 0.05) is 43.8 Å². The maximum Gasteiger partial charge on any atom is 0.224 e. The number of hydrogen-bond donors (Lipinski definition) is 3. The number of fused-ring (bicyclic) bond motifs is 1. The summed E-state index contributed by atoms with van der Waals surface area (Å²) in [5, 5.41) is 11.2. The molecule has 190 valence electrons. The van der Waals surface area contributed by atoms with Crippen molar-refractivity contribution >= 4 is 28.3 Å². The van der Waals surface area contributed by atoms with Gasteiger partial charge in [0.15, 0.2) is 0 Å². The fourth-order valence-corrected chi connectivity index (χ4v) is 7.73. The van der Waals surface area contributed by atoms with E-state index in [0.29, 0.717) is 6.42 Å². The molecule has 0 unspecified atom stereocenters. The molecule has 7 rings (SSSR count). The smallest absolute Gasteiger partial charge is 0.224 e. The van der Waals surface area contributed by atoms with Crippen LogP contribution in [0.5, 0.6) is 0 Å². The van der Waals surface area contributed by atoms with Gasteiger partial charge in [-0.05, 0) is 111 Å². The number of nitrogens with one attached hydrogen (secondary N) is 3. The topological polar surface area (TPSA) is 71.0 Å². The monoisotopic (exact) mass is 485 g/mol. The minimum Gasteiger partial charge on any atom is -0.370 e. The molecule has 2 heterocycles. The van der Waals surface area contributed by atoms with Crippen LogP contribution in [0.25, 0.3) is 10.9 Å². The maximum atomic E-state index is 13.2. The normalized spacial score (nSPS) is 26.4. The van der Waals surface area contributed by atoms with Crippen molar-refractivity contribution < 1.29 is 4.79 Å². The highest BCUT2D eigenvalue weighted by Gasteiger charge is 2.51. The van der Waals surface area contributed by atoms with Crippen LogP contribution in [-0.4, -0.2) is 28.5 Å². The van der Waals surface area contributed by atoms with Crippen molar-refractivity contribution in [1.82, 2.24) is 14.9 Å². The van der Waals surface area contributed by atoms with E-state index in [1.165, 1.54) is 44.2 Å². The number of nitrogens with zero attached hydrogens (tertiary/aromatic N) is 2. The van der Waals surface area contributed by atoms with Crippen molar-refractivity contribution in [3.8, 4) is 0 Å². The molecule has 6 heteroatoms. The standard InChI is InChI=1S/C30H39N5O/c1-35-12-3-5-24(35)20-31-10-4-11-32-28-9-8-25-26(33-28)6-2-7-27(25)34-29(36)19-30-16-21-13-22(17-30)15-23(14-21)18-30/h2-3,5-9,12,21-23,31H,4,10-11,13-20H2,1H3,(H,32,33)(H,34,36). The van der Waals surface area contributed by atoms with Crippen molar-refractivity contribution in [3.63, 3.8) is 0 Å². The van der Waals surface area contributed by atoms with Gasteiger partial charge in [0.05, 0.1) is 11.2 Å². The molecule has 3 aromatic rings. The molecule has 4 bridgehead atoms. The first-order valence-corrected chi connectivity index (χ1v) is 13.8. The highest BCUT2D eigenvalue weighted by Crippen LogP contribution is 2.61. The van der Waals surface area contributed by atoms with Crippen molar-refractivity contribution in [2.75, 3.05) is 23.7 Å². The summed E-state index contributed by atoms with van der Waals surface area (Å²) >= 11 is 0. The van der Waals surface area contributed by atoms with Crippen LogP contribution in [0.3, 0.4) is 0 Å². The van der Waals surface area contributed by atoms with E-state index in [2.05, 4.69) is 52.0 Å². The summed E-state index contributed by atoms with van der Waals surface area (Å²) in [6.07, 6.45) is 11.8. The van der Waals surface area contributed by atoms with Crippen LogP contribution >= 0.6 is 0 Å². The molecule has 3 N–H and O–H groups in total. The predicted octanol–water partition coefficient (Wildman–Crippen LogP) is 5.71. The molecule has 6 nitrogen and oxygen atoms in total. The molecular weight excluding hydrogens is 446 g/mol. The van der Waals surface area contributed by atoms with Gasteiger partial charge in [-0.25, -0.2) is 4.98 Å². The Bertz CT molecular complexity index is 1200. The van der Waals surface area contributed by atoms with Crippen molar-refractivity contribution in [1.29, 1.82) is 0 Å². The van der Waals surface area contributed by atoms with Crippen molar-refractivity contribution in [3.05, 3.63) is 54.4 Å². The lowest BCUT2D eigenvalue weighted by Gasteiger charge is -2.56. The van der Waals surface area contributed by atoms with Crippen LogP contribution in [-0.2, 0) is 18.4 Å². The SMILES string of the molecule is Cn1cccc1CNCCCNc1ccc2c(NC(=O)CC34CC5CC(CC(C5)C3)C4)cccc2n1. The highest BCUT2D eigenvalue weighted by molar-refractivity contribution is 6.01. The third kappa shape index (κ3) is 5.01. The van der Waals surface area contributed by atoms with Gasteiger partial charge in [0.25, 0.3) is 0 Å². The molecule has 4 fully saturated rings. The van der Waals surface area contributed by atoms with Gasteiger partial charge in [0.1, 0.15) is 5.82 Å². The molecule has 4 aliphatic rings. The Morgan fingerprint density at radius 3 is 2.50 bits per heavy atom. The van der Waals surface area contributed by atoms with E-state index in [1.807, 2.05) is 24.3 Å². The summed E-state index contributed by atoms with van der Waals surface area (Å²) in [5.41, 5.74) is 3.34. The van der Waals surface area contributed by atoms with Gasteiger partial charge >= 0.3 is 0 Å². The molecule has 1 amide bonds. The van der Waals surface area contributed by atoms with E-state index >= 15 is 0 Å². The molecule has 36 heavy (non-hydrogen) atoms. The number of aryl methyl sites for hydroxylation is 1. The van der Waals surface area contributed by atoms with Crippen molar-refractivity contribution in [2.45, 2.75) is 57.9 Å². The Hall–Kier alpha value is -2.86. The number of carbonyl (C=O) groups is 1. The quantitative estimate of drug-likeness (QED) is 0.322. The minimum absolute atomic E-state index is 0.175. The third-order valence-corrected chi connectivity index (χ3v) is 8.90. The fraction of sp³-hybridized carbons (Fsp3) is 0.533. The summed E-state index contributed by atoms with van der Waals surface area (Å²) in [6.45, 7) is 2.70. The second kappa shape index (κ2) is 9.89. The summed E-state index contributed by atoms with van der Waals surface area (Å²) in [7, 11) is 2.07. The number of hydrogen-bond acceptors (Lipinski definition) is 4. The molecule has 0 saturated heterocycles. The van der Waals surface area contributed by atoms with Gasteiger partial charge in [0.2, 0.25) is 5.91 Å². The Balaban J connectivity index is 1.02. The van der Waals surface area contributed by atoms with E-state index in [4.69, 9.17) is 4.98 Å². The number of benzene rings is 1. The molecule has 4 saturated carbocycles. The fourth-order valence-electron chi connectivity index (χ4n) is 7.73. The van der Waals surface area contributed by atoms with Crippen LogP contribution < -0.4 is 16.0 Å². The van der Waals surface area contributed by atoms with Gasteiger partial charge in [-0.3, -0.25) is 4.79 Å². The Labute approximate surface area is 214 Å². The van der Waals surface area contributed by atoms with Crippen LogP contribution in [0.2, 0.25) is 0 Å². The predicted molar refractivity (Wildman–Crippen MR) is 146 cm³/mol. The summed E-state index contributed by atoms with van der Waals surface area (Å²) in [4.78, 5) is 18.0. The number of anilines is 2. The first-order valence-electron chi connectivity index (χ1n) is 13.8. The second-order valence-corrected chi connectivity index (χ2v) is 11.8. The summed E-state index contributed by atoms with van der Waals surface area (Å²) in [5.74, 6) is 3.67. The van der Waals surface area contributed by atoms with E-state index in [9.17, 15) is 4.79 Å². The molecule has 0 spiro atoms.